The van der Waals surface area contributed by atoms with Gasteiger partial charge in [-0.15, -0.1) is 0 Å². The van der Waals surface area contributed by atoms with Gasteiger partial charge >= 0.3 is 5.97 Å². The zero-order valence-electron chi connectivity index (χ0n) is 32.7. The molecule has 0 aliphatic carbocycles. The van der Waals surface area contributed by atoms with Gasteiger partial charge in [0.1, 0.15) is 0 Å². The molecule has 0 amide bonds. The molecule has 0 aromatic heterocycles. The first-order valence-corrected chi connectivity index (χ1v) is 20.6. The third-order valence-corrected chi connectivity index (χ3v) is 13.1. The maximum atomic E-state index is 14.0. The molecule has 0 saturated heterocycles. The van der Waals surface area contributed by atoms with Crippen molar-refractivity contribution >= 4 is 81.4 Å². The molecule has 0 N–H and O–H groups in total. The number of carbonyl (C=O) groups excluding carboxylic acids is 1. The van der Waals surface area contributed by atoms with Crippen LogP contribution in [-0.2, 0) is 4.74 Å². The van der Waals surface area contributed by atoms with Crippen LogP contribution in [0.5, 0.6) is 0 Å². The molecule has 0 heterocycles. The highest BCUT2D eigenvalue weighted by Gasteiger charge is 2.33. The molecule has 0 saturated carbocycles. The lowest BCUT2D eigenvalue weighted by Gasteiger charge is -2.23. The predicted octanol–water partition coefficient (Wildman–Crippen LogP) is 15.6. The van der Waals surface area contributed by atoms with Gasteiger partial charge in [-0.25, -0.2) is 4.79 Å². The van der Waals surface area contributed by atoms with Gasteiger partial charge in [-0.1, -0.05) is 176 Å². The van der Waals surface area contributed by atoms with E-state index in [1.54, 1.807) is 0 Å². The number of hydrogen-bond acceptors (Lipinski definition) is 2. The average molecular weight is 763 g/mol. The zero-order valence-corrected chi connectivity index (χ0v) is 32.7. The molecule has 13 rings (SSSR count). The van der Waals surface area contributed by atoms with Crippen molar-refractivity contribution < 1.29 is 9.53 Å². The molecule has 2 heteroatoms. The Morgan fingerprint density at radius 1 is 0.317 bits per heavy atom. The first-order valence-electron chi connectivity index (χ1n) is 20.6. The number of hydrogen-bond donors (Lipinski definition) is 0. The molecular weight excluding hydrogens is 729 g/mol. The van der Waals surface area contributed by atoms with Crippen molar-refractivity contribution in [2.24, 2.45) is 0 Å². The Balaban J connectivity index is 1.34. The first-order chi connectivity index (χ1) is 29.7. The molecule has 0 aliphatic heterocycles. The molecule has 2 nitrogen and oxygen atoms in total. The monoisotopic (exact) mass is 762 g/mol. The molecule has 13 aromatic carbocycles. The van der Waals surface area contributed by atoms with E-state index in [-0.39, 0.29) is 5.97 Å². The fourth-order valence-corrected chi connectivity index (χ4v) is 10.9. The molecule has 0 unspecified atom stereocenters. The van der Waals surface area contributed by atoms with Gasteiger partial charge in [-0.2, -0.15) is 0 Å². The van der Waals surface area contributed by atoms with Crippen molar-refractivity contribution in [2.45, 2.75) is 0 Å². The van der Waals surface area contributed by atoms with Crippen molar-refractivity contribution in [2.75, 3.05) is 7.11 Å². The Kier molecular flexibility index (Phi) is 6.83. The largest absolute Gasteiger partial charge is 0.465 e. The van der Waals surface area contributed by atoms with Gasteiger partial charge in [0.25, 0.3) is 0 Å². The number of fused-ring (bicyclic) bond motifs is 3. The van der Waals surface area contributed by atoms with Crippen LogP contribution < -0.4 is 0 Å². The van der Waals surface area contributed by atoms with Crippen molar-refractivity contribution in [3.63, 3.8) is 0 Å². The molecule has 0 aliphatic rings. The van der Waals surface area contributed by atoms with Crippen molar-refractivity contribution in [3.05, 3.63) is 194 Å². The Hall–Kier alpha value is -7.81. The van der Waals surface area contributed by atoms with Gasteiger partial charge in [0.2, 0.25) is 0 Å². The summed E-state index contributed by atoms with van der Waals surface area (Å²) in [5.74, 6) is -0.321. The van der Waals surface area contributed by atoms with Gasteiger partial charge in [-0.05, 0) is 138 Å². The number of methoxy groups -OCH3 is 1. The van der Waals surface area contributed by atoms with E-state index in [0.29, 0.717) is 5.56 Å². The van der Waals surface area contributed by atoms with Crippen LogP contribution in [0, 0.1) is 0 Å². The summed E-state index contributed by atoms with van der Waals surface area (Å²) in [6.45, 7) is 0. The van der Waals surface area contributed by atoms with E-state index in [4.69, 9.17) is 4.74 Å². The standard InChI is InChI=1S/C58H34O2/c1-60-58(59)56-41-30-28-39-32-43-51-42(31-38-27-29-40(44(56)33-17-7-2-8-18-33)52-49(38)57(51)50(39)53(41)52)54-47(36-23-13-5-14-24-36)45(34-19-9-3-10-20-34)46(35-21-11-4-12-22-35)48(55(43)54)37-25-15-6-16-26-37/h2-32H,1H3. The Bertz CT molecular complexity index is 3640. The second-order valence-electron chi connectivity index (χ2n) is 16.1. The van der Waals surface area contributed by atoms with E-state index in [0.717, 1.165) is 27.3 Å². The van der Waals surface area contributed by atoms with Crippen LogP contribution in [0.4, 0.5) is 0 Å². The molecule has 0 bridgehead atoms. The van der Waals surface area contributed by atoms with E-state index in [1.807, 2.05) is 18.2 Å². The van der Waals surface area contributed by atoms with Crippen molar-refractivity contribution in [3.8, 4) is 55.6 Å². The number of rotatable bonds is 6. The van der Waals surface area contributed by atoms with Gasteiger partial charge in [-0.3, -0.25) is 0 Å². The van der Waals surface area contributed by atoms with Crippen molar-refractivity contribution in [1.29, 1.82) is 0 Å². The molecule has 278 valence electrons. The molecule has 0 fully saturated rings. The van der Waals surface area contributed by atoms with Crippen molar-refractivity contribution in [1.82, 2.24) is 0 Å². The minimum Gasteiger partial charge on any atom is -0.465 e. The molecular formula is C58H34O2. The van der Waals surface area contributed by atoms with E-state index >= 15 is 0 Å². The van der Waals surface area contributed by atoms with Gasteiger partial charge in [0.15, 0.2) is 0 Å². The molecule has 0 radical (unpaired) electrons. The van der Waals surface area contributed by atoms with Crippen LogP contribution in [0.3, 0.4) is 0 Å². The quantitative estimate of drug-likeness (QED) is 0.125. The van der Waals surface area contributed by atoms with Crippen LogP contribution in [0.15, 0.2) is 188 Å². The smallest absolute Gasteiger partial charge is 0.339 e. The predicted molar refractivity (Wildman–Crippen MR) is 252 cm³/mol. The minimum atomic E-state index is -0.321. The third kappa shape index (κ3) is 4.29. The summed E-state index contributed by atoms with van der Waals surface area (Å²) in [6, 6.07) is 68.1. The maximum Gasteiger partial charge on any atom is 0.339 e. The lowest BCUT2D eigenvalue weighted by molar-refractivity contribution is 0.0604. The topological polar surface area (TPSA) is 26.3 Å². The van der Waals surface area contributed by atoms with Crippen LogP contribution in [0.2, 0.25) is 0 Å². The number of benzene rings is 11. The normalized spacial score (nSPS) is 12.2. The maximum absolute atomic E-state index is 14.0. The van der Waals surface area contributed by atoms with Crippen LogP contribution in [0.1, 0.15) is 10.4 Å². The van der Waals surface area contributed by atoms with Gasteiger partial charge in [0, 0.05) is 5.56 Å². The lowest BCUT2D eigenvalue weighted by atomic mass is 9.79. The molecule has 0 atom stereocenters. The van der Waals surface area contributed by atoms with E-state index in [9.17, 15) is 4.79 Å². The van der Waals surface area contributed by atoms with E-state index < -0.39 is 0 Å². The summed E-state index contributed by atoms with van der Waals surface area (Å²) in [7, 11) is 1.49. The molecule has 0 spiro atoms. The minimum absolute atomic E-state index is 0.321. The van der Waals surface area contributed by atoms with Crippen LogP contribution >= 0.6 is 0 Å². The lowest BCUT2D eigenvalue weighted by Crippen LogP contribution is -2.05. The van der Waals surface area contributed by atoms with E-state index in [1.165, 1.54) is 111 Å². The summed E-state index contributed by atoms with van der Waals surface area (Å²) in [5.41, 5.74) is 12.2. The number of esters is 1. The van der Waals surface area contributed by atoms with E-state index in [2.05, 4.69) is 170 Å². The third-order valence-electron chi connectivity index (χ3n) is 13.1. The highest BCUT2D eigenvalue weighted by molar-refractivity contribution is 6.53. The van der Waals surface area contributed by atoms with Gasteiger partial charge in [0.05, 0.1) is 12.7 Å². The second kappa shape index (κ2) is 12.3. The molecule has 13 aromatic rings. The van der Waals surface area contributed by atoms with Crippen LogP contribution in [0.25, 0.3) is 131 Å². The highest BCUT2D eigenvalue weighted by atomic mass is 16.5. The van der Waals surface area contributed by atoms with Crippen LogP contribution in [-0.4, -0.2) is 13.1 Å². The Morgan fingerprint density at radius 2 is 0.683 bits per heavy atom. The fraction of sp³-hybridized carbons (Fsp3) is 0.0172. The molecule has 60 heavy (non-hydrogen) atoms. The van der Waals surface area contributed by atoms with Gasteiger partial charge < -0.3 is 4.74 Å². The zero-order chi connectivity index (χ0) is 39.6. The first kappa shape index (κ1) is 33.2. The Labute approximate surface area is 345 Å². The highest BCUT2D eigenvalue weighted by Crippen LogP contribution is 2.60. The Morgan fingerprint density at radius 3 is 1.10 bits per heavy atom. The number of ether oxygens (including phenoxy) is 1. The average Bonchev–Trinajstić information content (AvgIpc) is 3.85. The fourth-order valence-electron chi connectivity index (χ4n) is 10.9. The second-order valence-corrected chi connectivity index (χ2v) is 16.1. The summed E-state index contributed by atoms with van der Waals surface area (Å²) in [6.07, 6.45) is 0. The summed E-state index contributed by atoms with van der Waals surface area (Å²) < 4.78 is 5.59. The summed E-state index contributed by atoms with van der Waals surface area (Å²) in [4.78, 5) is 14.0. The SMILES string of the molecule is COC(=O)c1c(-c2ccccc2)c2ccc3cc4c5c(-c6ccccc6)c(-c6ccccc6)c(-c6ccccc6)c(-c6ccccc6)c5c5cc6ccc1c1c6c(c54)c3c21. The summed E-state index contributed by atoms with van der Waals surface area (Å²) in [5, 5.41) is 16.8. The number of carbonyl (C=O) groups is 1. The summed E-state index contributed by atoms with van der Waals surface area (Å²) >= 11 is 0.